The fraction of sp³-hybridized carbons (Fsp3) is 0.143. The Morgan fingerprint density at radius 3 is 2.58 bits per heavy atom. The Morgan fingerprint density at radius 2 is 2.04 bits per heavy atom. The molecule has 1 aromatic heterocycles. The Labute approximate surface area is 160 Å². The molecule has 6 N–H and O–H groups in total. The minimum Gasteiger partial charge on any atom is -0.383 e. The molecular weight excluding hydrogens is 432 g/mol. The molecule has 2 aromatic rings. The number of hydroxylamine groups is 1. The summed E-state index contributed by atoms with van der Waals surface area (Å²) in [6.45, 7) is 0. The number of alkyl halides is 1. The van der Waals surface area contributed by atoms with E-state index in [4.69, 9.17) is 21.2 Å². The first-order valence-electron chi connectivity index (χ1n) is 6.55. The number of nitrogen functional groups attached to an aromatic ring is 1. The summed E-state index contributed by atoms with van der Waals surface area (Å²) in [6.07, 6.45) is 1.87. The summed E-state index contributed by atoms with van der Waals surface area (Å²) in [4.78, 5) is 13.5. The molecular formula is C14H15BrN4O2S3. The molecule has 1 unspecified atom stereocenters. The molecule has 0 saturated carbocycles. The lowest BCUT2D eigenvalue weighted by Gasteiger charge is -2.24. The van der Waals surface area contributed by atoms with E-state index in [0.717, 1.165) is 21.1 Å². The van der Waals surface area contributed by atoms with E-state index in [1.807, 2.05) is 36.6 Å². The lowest BCUT2D eigenvalue weighted by Crippen LogP contribution is -2.47. The normalized spacial score (nSPS) is 13.4. The third-order valence-corrected chi connectivity index (χ3v) is 6.84. The van der Waals surface area contributed by atoms with Crippen molar-refractivity contribution < 1.29 is 9.08 Å². The first-order valence-corrected chi connectivity index (χ1v) is 10.1. The minimum atomic E-state index is -1.43. The molecule has 0 aliphatic carbocycles. The molecule has 0 spiro atoms. The Morgan fingerprint density at radius 1 is 1.38 bits per heavy atom. The lowest BCUT2D eigenvalue weighted by atomic mass is 10.1. The number of carbonyl (C=O) groups excluding carboxylic acids is 1. The molecule has 10 heteroatoms. The Bertz CT molecular complexity index is 741. The maximum absolute atomic E-state index is 12.0. The number of amides is 1. The molecule has 24 heavy (non-hydrogen) atoms. The number of rotatable bonds is 8. The van der Waals surface area contributed by atoms with Crippen LogP contribution in [0.3, 0.4) is 0 Å². The fourth-order valence-electron chi connectivity index (χ4n) is 1.74. The van der Waals surface area contributed by atoms with Crippen molar-refractivity contribution in [2.45, 2.75) is 13.6 Å². The smallest absolute Gasteiger partial charge is 0.255 e. The van der Waals surface area contributed by atoms with E-state index in [1.165, 1.54) is 23.1 Å². The molecule has 0 bridgehead atoms. The molecule has 0 saturated heterocycles. The van der Waals surface area contributed by atoms with E-state index in [-0.39, 0.29) is 5.84 Å². The van der Waals surface area contributed by atoms with Gasteiger partial charge in [0.05, 0.1) is 21.1 Å². The van der Waals surface area contributed by atoms with Gasteiger partial charge in [0.1, 0.15) is 5.84 Å². The summed E-state index contributed by atoms with van der Waals surface area (Å²) in [7, 11) is 0. The summed E-state index contributed by atoms with van der Waals surface area (Å²) >= 11 is 7.16. The van der Waals surface area contributed by atoms with Crippen molar-refractivity contribution in [3.63, 3.8) is 0 Å². The molecule has 6 nitrogen and oxygen atoms in total. The molecule has 1 aromatic carbocycles. The van der Waals surface area contributed by atoms with Gasteiger partial charge in [-0.15, -0.1) is 23.1 Å². The van der Waals surface area contributed by atoms with Crippen LogP contribution in [0, 0.1) is 5.41 Å². The van der Waals surface area contributed by atoms with Gasteiger partial charge in [-0.25, -0.2) is 4.28 Å². The summed E-state index contributed by atoms with van der Waals surface area (Å²) in [5, 5.41) is 7.57. The van der Waals surface area contributed by atoms with E-state index in [9.17, 15) is 4.79 Å². The highest BCUT2D eigenvalue weighted by atomic mass is 79.9. The van der Waals surface area contributed by atoms with E-state index in [0.29, 0.717) is 10.4 Å². The highest BCUT2D eigenvalue weighted by Crippen LogP contribution is 2.41. The Hall–Kier alpha value is -1.04. The van der Waals surface area contributed by atoms with Crippen LogP contribution in [0.2, 0.25) is 0 Å². The van der Waals surface area contributed by atoms with Gasteiger partial charge in [0, 0.05) is 10.5 Å². The number of amidine groups is 1. The lowest BCUT2D eigenvalue weighted by molar-refractivity contribution is -0.123. The second-order valence-corrected chi connectivity index (χ2v) is 8.66. The molecule has 0 radical (unpaired) electrons. The first kappa shape index (κ1) is 19.3. The van der Waals surface area contributed by atoms with Crippen molar-refractivity contribution in [2.75, 3.05) is 6.26 Å². The maximum atomic E-state index is 12.0. The average molecular weight is 447 g/mol. The second-order valence-electron chi connectivity index (χ2n) is 4.53. The molecule has 0 fully saturated rings. The van der Waals surface area contributed by atoms with Crippen LogP contribution < -0.4 is 16.9 Å². The van der Waals surface area contributed by atoms with Gasteiger partial charge in [-0.2, -0.15) is 5.48 Å². The summed E-state index contributed by atoms with van der Waals surface area (Å²) < 4.78 is 4.77. The molecule has 1 atom stereocenters. The molecule has 128 valence electrons. The van der Waals surface area contributed by atoms with Crippen molar-refractivity contribution in [1.82, 2.24) is 5.48 Å². The van der Waals surface area contributed by atoms with Crippen LogP contribution in [0.1, 0.15) is 10.4 Å². The number of nitrogens with one attached hydrogen (secondary N) is 2. The second kappa shape index (κ2) is 8.37. The molecule has 2 rings (SSSR count). The van der Waals surface area contributed by atoms with Crippen LogP contribution in [0.4, 0.5) is 0 Å². The van der Waals surface area contributed by atoms with Crippen LogP contribution in [-0.4, -0.2) is 18.0 Å². The van der Waals surface area contributed by atoms with Crippen LogP contribution >= 0.6 is 51.1 Å². The number of thiophene rings is 1. The van der Waals surface area contributed by atoms with Crippen LogP contribution in [0.15, 0.2) is 45.5 Å². The van der Waals surface area contributed by atoms with Gasteiger partial charge in [0.25, 0.3) is 5.91 Å². The number of carbonyl (C=O) groups is 1. The van der Waals surface area contributed by atoms with E-state index >= 15 is 0 Å². The van der Waals surface area contributed by atoms with Crippen molar-refractivity contribution in [2.24, 2.45) is 11.5 Å². The van der Waals surface area contributed by atoms with Crippen LogP contribution in [-0.2, 0) is 13.5 Å². The molecule has 1 amide bonds. The van der Waals surface area contributed by atoms with E-state index in [1.54, 1.807) is 6.07 Å². The number of hydrogen-bond acceptors (Lipinski definition) is 7. The quantitative estimate of drug-likeness (QED) is 0.0941. The number of primary amides is 1. The van der Waals surface area contributed by atoms with E-state index < -0.39 is 10.4 Å². The highest BCUT2D eigenvalue weighted by Gasteiger charge is 2.40. The summed E-state index contributed by atoms with van der Waals surface area (Å²) in [6, 6.07) is 11.1. The van der Waals surface area contributed by atoms with Gasteiger partial charge >= 0.3 is 0 Å². The van der Waals surface area contributed by atoms with Gasteiger partial charge in [-0.1, -0.05) is 18.2 Å². The number of thioether (sulfide) groups is 1. The van der Waals surface area contributed by atoms with Crippen molar-refractivity contribution in [3.05, 3.63) is 46.8 Å². The van der Waals surface area contributed by atoms with Gasteiger partial charge in [-0.3, -0.25) is 10.2 Å². The number of hydrogen-bond donors (Lipinski definition) is 4. The average Bonchev–Trinajstić information content (AvgIpc) is 3.00. The van der Waals surface area contributed by atoms with Crippen molar-refractivity contribution in [1.29, 1.82) is 5.41 Å². The number of halogens is 1. The predicted molar refractivity (Wildman–Crippen MR) is 103 cm³/mol. The van der Waals surface area contributed by atoms with Gasteiger partial charge in [0.2, 0.25) is 4.45 Å². The number of benzene rings is 1. The van der Waals surface area contributed by atoms with Crippen LogP contribution in [0.5, 0.6) is 0 Å². The molecule has 1 heterocycles. The van der Waals surface area contributed by atoms with Crippen LogP contribution in [0.25, 0.3) is 0 Å². The first-order chi connectivity index (χ1) is 11.4. The molecule has 0 aliphatic rings. The van der Waals surface area contributed by atoms with Gasteiger partial charge in [-0.05, 0) is 40.4 Å². The van der Waals surface area contributed by atoms with Gasteiger partial charge in [0.15, 0.2) is 0 Å². The topological polar surface area (TPSA) is 114 Å². The van der Waals surface area contributed by atoms with Gasteiger partial charge < -0.3 is 11.5 Å². The summed E-state index contributed by atoms with van der Waals surface area (Å²) in [5.74, 6) is -0.736. The SMILES string of the molecule is CSc1sc(C(=N)N)cc1C(Br)(NOSc1ccccc1)C(N)=O. The van der Waals surface area contributed by atoms with Crippen molar-refractivity contribution >= 4 is 62.8 Å². The maximum Gasteiger partial charge on any atom is 0.255 e. The minimum absolute atomic E-state index is 0.0690. The zero-order valence-electron chi connectivity index (χ0n) is 12.5. The third-order valence-electron chi connectivity index (χ3n) is 2.92. The monoisotopic (exact) mass is 446 g/mol. The van der Waals surface area contributed by atoms with Crippen molar-refractivity contribution in [3.8, 4) is 0 Å². The fourth-order valence-corrected chi connectivity index (χ4v) is 4.88. The summed E-state index contributed by atoms with van der Waals surface area (Å²) in [5.41, 5.74) is 14.3. The highest BCUT2D eigenvalue weighted by molar-refractivity contribution is 9.10. The van der Waals surface area contributed by atoms with E-state index in [2.05, 4.69) is 21.4 Å². The third kappa shape index (κ3) is 4.32. The predicted octanol–water partition coefficient (Wildman–Crippen LogP) is 3.02. The number of nitrogens with two attached hydrogens (primary N) is 2. The Balaban J connectivity index is 2.24. The molecule has 0 aliphatic heterocycles. The zero-order chi connectivity index (χ0) is 17.7. The zero-order valence-corrected chi connectivity index (χ0v) is 16.6. The Kier molecular flexibility index (Phi) is 6.72. The largest absolute Gasteiger partial charge is 0.383 e. The standard InChI is InChI=1S/C14H15BrN4O2S3/c1-22-12-9(7-10(23-12)11(16)17)14(15,13(18)20)19-21-24-8-5-3-2-4-6-8/h2-7,19H,1H3,(H3,16,17)(H2,18,20).